The zero-order valence-corrected chi connectivity index (χ0v) is 19.6. The molecule has 33 heavy (non-hydrogen) atoms. The van der Waals surface area contributed by atoms with Crippen LogP contribution in [0.2, 0.25) is 5.02 Å². The molecular formula is C26H17BrClNO4. The second-order valence-corrected chi connectivity index (χ2v) is 8.89. The van der Waals surface area contributed by atoms with Crippen molar-refractivity contribution in [3.05, 3.63) is 116 Å². The fourth-order valence-corrected chi connectivity index (χ4v) is 4.47. The Balaban J connectivity index is 1.72. The summed E-state index contributed by atoms with van der Waals surface area (Å²) in [5.74, 6) is 0.323. The molecule has 0 saturated heterocycles. The van der Waals surface area contributed by atoms with Crippen molar-refractivity contribution in [2.24, 2.45) is 0 Å². The zero-order valence-electron chi connectivity index (χ0n) is 17.3. The van der Waals surface area contributed by atoms with Gasteiger partial charge < -0.3 is 9.15 Å². The highest BCUT2D eigenvalue weighted by molar-refractivity contribution is 9.10. The topological polar surface area (TPSA) is 59.8 Å². The van der Waals surface area contributed by atoms with Crippen molar-refractivity contribution in [1.82, 2.24) is 0 Å². The molecule has 1 unspecified atom stereocenters. The predicted octanol–water partition coefficient (Wildman–Crippen LogP) is 6.52. The van der Waals surface area contributed by atoms with Crippen LogP contribution in [-0.4, -0.2) is 12.5 Å². The van der Waals surface area contributed by atoms with E-state index in [1.807, 2.05) is 36.4 Å². The Labute approximate surface area is 203 Å². The van der Waals surface area contributed by atoms with Crippen LogP contribution in [-0.2, 0) is 0 Å². The maximum Gasteiger partial charge on any atom is 0.295 e. The number of halogens is 2. The summed E-state index contributed by atoms with van der Waals surface area (Å²) in [5.41, 5.74) is 1.73. The van der Waals surface area contributed by atoms with Crippen molar-refractivity contribution in [1.29, 1.82) is 0 Å². The minimum Gasteiger partial charge on any atom is -0.490 e. The van der Waals surface area contributed by atoms with Crippen LogP contribution in [0.15, 0.2) is 93.1 Å². The minimum absolute atomic E-state index is 0.0368. The first kappa shape index (κ1) is 21.5. The summed E-state index contributed by atoms with van der Waals surface area (Å²) in [7, 11) is 0. The molecule has 1 amide bonds. The second kappa shape index (κ2) is 8.54. The second-order valence-electron chi connectivity index (χ2n) is 7.54. The number of carbonyl (C=O) groups excluding carboxylic acids is 1. The third-order valence-electron chi connectivity index (χ3n) is 5.50. The summed E-state index contributed by atoms with van der Waals surface area (Å²) in [5, 5.41) is 0.756. The Bertz CT molecular complexity index is 1440. The third-order valence-corrected chi connectivity index (χ3v) is 6.26. The van der Waals surface area contributed by atoms with Crippen LogP contribution in [0, 0.1) is 0 Å². The molecule has 1 aromatic heterocycles. The van der Waals surface area contributed by atoms with Crippen molar-refractivity contribution < 1.29 is 13.9 Å². The van der Waals surface area contributed by atoms with Crippen molar-refractivity contribution in [2.75, 3.05) is 11.5 Å². The number of amides is 1. The lowest BCUT2D eigenvalue weighted by molar-refractivity contribution is 0.0971. The molecule has 2 heterocycles. The molecular weight excluding hydrogens is 506 g/mol. The highest BCUT2D eigenvalue weighted by Gasteiger charge is 2.43. The van der Waals surface area contributed by atoms with Gasteiger partial charge in [-0.1, -0.05) is 52.3 Å². The van der Waals surface area contributed by atoms with Crippen LogP contribution >= 0.6 is 27.5 Å². The molecule has 5 nitrogen and oxygen atoms in total. The number of ether oxygens (including phenoxy) is 1. The van der Waals surface area contributed by atoms with E-state index in [1.165, 1.54) is 0 Å². The summed E-state index contributed by atoms with van der Waals surface area (Å²) >= 11 is 9.57. The monoisotopic (exact) mass is 521 g/mol. The molecule has 1 atom stereocenters. The van der Waals surface area contributed by atoms with Gasteiger partial charge in [-0.05, 0) is 60.2 Å². The Morgan fingerprint density at radius 2 is 1.79 bits per heavy atom. The Kier molecular flexibility index (Phi) is 5.56. The first-order chi connectivity index (χ1) is 16.0. The molecule has 3 aromatic carbocycles. The fraction of sp³-hybridized carbons (Fsp3) is 0.0769. The maximum absolute atomic E-state index is 13.6. The highest BCUT2D eigenvalue weighted by Crippen LogP contribution is 2.42. The third kappa shape index (κ3) is 3.75. The Morgan fingerprint density at radius 1 is 1.06 bits per heavy atom. The molecule has 1 aliphatic heterocycles. The normalized spacial score (nSPS) is 15.0. The van der Waals surface area contributed by atoms with E-state index in [1.54, 1.807) is 41.3 Å². The Morgan fingerprint density at radius 3 is 2.48 bits per heavy atom. The van der Waals surface area contributed by atoms with Crippen LogP contribution in [0.1, 0.15) is 27.7 Å². The smallest absolute Gasteiger partial charge is 0.295 e. The summed E-state index contributed by atoms with van der Waals surface area (Å²) < 4.78 is 12.4. The average molecular weight is 523 g/mol. The van der Waals surface area contributed by atoms with E-state index in [0.29, 0.717) is 34.0 Å². The maximum atomic E-state index is 13.6. The van der Waals surface area contributed by atoms with E-state index in [0.717, 1.165) is 10.0 Å². The summed E-state index contributed by atoms with van der Waals surface area (Å²) in [6.45, 7) is 4.03. The minimum atomic E-state index is -0.665. The lowest BCUT2D eigenvalue weighted by atomic mass is 9.98. The molecule has 0 fully saturated rings. The summed E-state index contributed by atoms with van der Waals surface area (Å²) in [4.78, 5) is 28.7. The van der Waals surface area contributed by atoms with Gasteiger partial charge in [0.25, 0.3) is 5.91 Å². The van der Waals surface area contributed by atoms with Gasteiger partial charge in [-0.25, -0.2) is 0 Å². The van der Waals surface area contributed by atoms with E-state index in [9.17, 15) is 9.59 Å². The number of hydrogen-bond acceptors (Lipinski definition) is 4. The van der Waals surface area contributed by atoms with Gasteiger partial charge in [-0.3, -0.25) is 14.5 Å². The highest BCUT2D eigenvalue weighted by atomic mass is 79.9. The SMILES string of the molecule is C=CCOc1ccc(C2c3c(oc4ccc(Cl)cc4c3=O)C(=O)N2c2ccc(Br)cc2)cc1. The van der Waals surface area contributed by atoms with Gasteiger partial charge in [-0.2, -0.15) is 0 Å². The number of hydrogen-bond donors (Lipinski definition) is 0. The van der Waals surface area contributed by atoms with E-state index >= 15 is 0 Å². The van der Waals surface area contributed by atoms with Crippen LogP contribution in [0.25, 0.3) is 11.0 Å². The van der Waals surface area contributed by atoms with Crippen LogP contribution in [0.4, 0.5) is 5.69 Å². The lowest BCUT2D eigenvalue weighted by Crippen LogP contribution is -2.29. The molecule has 0 spiro atoms. The molecule has 0 aliphatic carbocycles. The number of benzene rings is 3. The largest absolute Gasteiger partial charge is 0.490 e. The van der Waals surface area contributed by atoms with E-state index in [2.05, 4.69) is 22.5 Å². The van der Waals surface area contributed by atoms with Gasteiger partial charge in [0.2, 0.25) is 5.76 Å². The summed E-state index contributed by atoms with van der Waals surface area (Å²) in [6, 6.07) is 18.8. The average Bonchev–Trinajstić information content (AvgIpc) is 3.11. The molecule has 4 aromatic rings. The van der Waals surface area contributed by atoms with Gasteiger partial charge >= 0.3 is 0 Å². The number of nitrogens with zero attached hydrogens (tertiary/aromatic N) is 1. The zero-order chi connectivity index (χ0) is 23.1. The predicted molar refractivity (Wildman–Crippen MR) is 132 cm³/mol. The lowest BCUT2D eigenvalue weighted by Gasteiger charge is -2.25. The standard InChI is InChI=1S/C26H17BrClNO4/c1-2-13-32-19-10-3-15(4-11-19)23-22-24(30)20-14-17(28)7-12-21(20)33-25(22)26(31)29(23)18-8-5-16(27)6-9-18/h2-12,14,23H,1,13H2. The van der Waals surface area contributed by atoms with Crippen LogP contribution in [0.3, 0.4) is 0 Å². The first-order valence-corrected chi connectivity index (χ1v) is 11.3. The number of rotatable bonds is 5. The first-order valence-electron chi connectivity index (χ1n) is 10.2. The molecule has 7 heteroatoms. The van der Waals surface area contributed by atoms with Crippen molar-refractivity contribution in [3.63, 3.8) is 0 Å². The number of anilines is 1. The number of fused-ring (bicyclic) bond motifs is 2. The van der Waals surface area contributed by atoms with Crippen LogP contribution < -0.4 is 15.1 Å². The molecule has 0 saturated carbocycles. The van der Waals surface area contributed by atoms with Gasteiger partial charge in [0, 0.05) is 15.2 Å². The molecule has 0 bridgehead atoms. The van der Waals surface area contributed by atoms with E-state index in [4.69, 9.17) is 20.8 Å². The van der Waals surface area contributed by atoms with Crippen molar-refractivity contribution in [2.45, 2.75) is 6.04 Å². The molecule has 1 aliphatic rings. The van der Waals surface area contributed by atoms with Crippen LogP contribution in [0.5, 0.6) is 5.75 Å². The fourth-order valence-electron chi connectivity index (χ4n) is 4.03. The van der Waals surface area contributed by atoms with Crippen molar-refractivity contribution in [3.8, 4) is 5.75 Å². The molecule has 0 N–H and O–H groups in total. The molecule has 164 valence electrons. The van der Waals surface area contributed by atoms with Crippen molar-refractivity contribution >= 4 is 50.1 Å². The van der Waals surface area contributed by atoms with Gasteiger partial charge in [-0.15, -0.1) is 0 Å². The molecule has 0 radical (unpaired) electrons. The quantitative estimate of drug-likeness (QED) is 0.280. The Hall–Kier alpha value is -3.35. The van der Waals surface area contributed by atoms with Gasteiger partial charge in [0.05, 0.1) is 17.0 Å². The van der Waals surface area contributed by atoms with Gasteiger partial charge in [0.15, 0.2) is 5.43 Å². The summed E-state index contributed by atoms with van der Waals surface area (Å²) in [6.07, 6.45) is 1.66. The number of carbonyl (C=O) groups is 1. The molecule has 5 rings (SSSR count). The van der Waals surface area contributed by atoms with Gasteiger partial charge in [0.1, 0.15) is 17.9 Å². The van der Waals surface area contributed by atoms with E-state index < -0.39 is 6.04 Å². The van der Waals surface area contributed by atoms with E-state index in [-0.39, 0.29) is 22.7 Å².